The maximum Gasteiger partial charge on any atom is 0.120 e. The molecule has 1 aliphatic heterocycles. The van der Waals surface area contributed by atoms with Gasteiger partial charge in [-0.25, -0.2) is 0 Å². The zero-order valence-corrected chi connectivity index (χ0v) is 5.13. The second-order valence-electron chi connectivity index (χ2n) is 2.31. The molecule has 1 fully saturated rings. The van der Waals surface area contributed by atoms with Gasteiger partial charge in [0.1, 0.15) is 5.76 Å². The third-order valence-electron chi connectivity index (χ3n) is 1.71. The minimum Gasteiger partial charge on any atom is -0.468 e. The first kappa shape index (κ1) is 5.06. The first-order valence-corrected chi connectivity index (χ1v) is 3.23. The van der Waals surface area contributed by atoms with Crippen molar-refractivity contribution in [3.05, 3.63) is 24.2 Å². The molecule has 1 saturated heterocycles. The van der Waals surface area contributed by atoms with Crippen LogP contribution in [0.4, 0.5) is 0 Å². The van der Waals surface area contributed by atoms with Gasteiger partial charge in [0, 0.05) is 0 Å². The predicted molar refractivity (Wildman–Crippen MR) is 34.1 cm³/mol. The fourth-order valence-corrected chi connectivity index (χ4v) is 1.02. The lowest BCUT2D eigenvalue weighted by atomic mass is 10.1. The summed E-state index contributed by atoms with van der Waals surface area (Å²) in [5.74, 6) is 1.07. The van der Waals surface area contributed by atoms with Crippen LogP contribution in [-0.4, -0.2) is 6.54 Å². The zero-order valence-electron chi connectivity index (χ0n) is 5.13. The van der Waals surface area contributed by atoms with Gasteiger partial charge < -0.3 is 9.73 Å². The van der Waals surface area contributed by atoms with Crippen LogP contribution in [0, 0.1) is 0 Å². The Labute approximate surface area is 53.9 Å². The molecule has 0 amide bonds. The maximum atomic E-state index is 5.17. The van der Waals surface area contributed by atoms with E-state index in [0.29, 0.717) is 6.04 Å². The van der Waals surface area contributed by atoms with Gasteiger partial charge >= 0.3 is 0 Å². The maximum absolute atomic E-state index is 5.17. The minimum absolute atomic E-state index is 0.500. The van der Waals surface area contributed by atoms with Crippen LogP contribution in [0.15, 0.2) is 22.8 Å². The smallest absolute Gasteiger partial charge is 0.120 e. The van der Waals surface area contributed by atoms with Crippen molar-refractivity contribution in [3.63, 3.8) is 0 Å². The highest BCUT2D eigenvalue weighted by molar-refractivity contribution is 5.06. The van der Waals surface area contributed by atoms with Gasteiger partial charge in [0.05, 0.1) is 12.3 Å². The van der Waals surface area contributed by atoms with Crippen molar-refractivity contribution in [1.29, 1.82) is 0 Å². The normalized spacial score (nSPS) is 25.6. The Morgan fingerprint density at radius 3 is 3.00 bits per heavy atom. The Balaban J connectivity index is 2.14. The average Bonchev–Trinajstić information content (AvgIpc) is 2.11. The van der Waals surface area contributed by atoms with Crippen LogP contribution in [0.5, 0.6) is 0 Å². The monoisotopic (exact) mass is 123 g/mol. The van der Waals surface area contributed by atoms with Crippen LogP contribution in [0.3, 0.4) is 0 Å². The Morgan fingerprint density at radius 1 is 1.67 bits per heavy atom. The SMILES string of the molecule is c1coc(C2CCN2)c1. The highest BCUT2D eigenvalue weighted by Crippen LogP contribution is 2.22. The van der Waals surface area contributed by atoms with Crippen LogP contribution in [-0.2, 0) is 0 Å². The van der Waals surface area contributed by atoms with Crippen LogP contribution in [0.25, 0.3) is 0 Å². The van der Waals surface area contributed by atoms with Crippen molar-refractivity contribution < 1.29 is 4.42 Å². The molecular weight excluding hydrogens is 114 g/mol. The Kier molecular flexibility index (Phi) is 1.06. The zero-order chi connectivity index (χ0) is 6.10. The van der Waals surface area contributed by atoms with E-state index in [4.69, 9.17) is 4.42 Å². The fourth-order valence-electron chi connectivity index (χ4n) is 1.02. The van der Waals surface area contributed by atoms with Crippen molar-refractivity contribution >= 4 is 0 Å². The molecule has 2 nitrogen and oxygen atoms in total. The Morgan fingerprint density at radius 2 is 2.56 bits per heavy atom. The van der Waals surface area contributed by atoms with Gasteiger partial charge in [-0.2, -0.15) is 0 Å². The molecule has 2 rings (SSSR count). The summed E-state index contributed by atoms with van der Waals surface area (Å²) in [5.41, 5.74) is 0. The molecule has 1 atom stereocenters. The molecule has 1 aliphatic rings. The van der Waals surface area contributed by atoms with Crippen LogP contribution < -0.4 is 5.32 Å². The van der Waals surface area contributed by atoms with Gasteiger partial charge in [-0.05, 0) is 25.1 Å². The average molecular weight is 123 g/mol. The number of furan rings is 1. The molecule has 1 aromatic rings. The molecule has 48 valence electrons. The molecule has 2 heteroatoms. The lowest BCUT2D eigenvalue weighted by Crippen LogP contribution is -2.34. The van der Waals surface area contributed by atoms with E-state index < -0.39 is 0 Å². The van der Waals surface area contributed by atoms with Gasteiger partial charge in [-0.1, -0.05) is 0 Å². The molecule has 0 aliphatic carbocycles. The molecule has 1 N–H and O–H groups in total. The summed E-state index contributed by atoms with van der Waals surface area (Å²) in [6, 6.07) is 4.44. The molecule has 0 bridgehead atoms. The summed E-state index contributed by atoms with van der Waals surface area (Å²) in [4.78, 5) is 0. The lowest BCUT2D eigenvalue weighted by molar-refractivity contribution is 0.319. The van der Waals surface area contributed by atoms with E-state index in [-0.39, 0.29) is 0 Å². The highest BCUT2D eigenvalue weighted by atomic mass is 16.3. The fraction of sp³-hybridized carbons (Fsp3) is 0.429. The molecule has 1 aromatic heterocycles. The van der Waals surface area contributed by atoms with Crippen molar-refractivity contribution in [2.45, 2.75) is 12.5 Å². The topological polar surface area (TPSA) is 25.2 Å². The molecular formula is C7H9NO. The predicted octanol–water partition coefficient (Wildman–Crippen LogP) is 1.31. The second-order valence-corrected chi connectivity index (χ2v) is 2.31. The van der Waals surface area contributed by atoms with E-state index in [2.05, 4.69) is 5.32 Å². The number of hydrogen-bond acceptors (Lipinski definition) is 2. The molecule has 1 unspecified atom stereocenters. The summed E-state index contributed by atoms with van der Waals surface area (Å²) in [6.07, 6.45) is 2.93. The minimum atomic E-state index is 0.500. The Hall–Kier alpha value is -0.760. The van der Waals surface area contributed by atoms with E-state index in [1.807, 2.05) is 12.1 Å². The van der Waals surface area contributed by atoms with Crippen molar-refractivity contribution in [3.8, 4) is 0 Å². The standard InChI is InChI=1S/C7H9NO/c1-2-7(9-5-1)6-3-4-8-6/h1-2,5-6,8H,3-4H2. The molecule has 0 aromatic carbocycles. The summed E-state index contributed by atoms with van der Waals surface area (Å²) < 4.78 is 5.17. The van der Waals surface area contributed by atoms with Crippen molar-refractivity contribution in [2.75, 3.05) is 6.54 Å². The Bertz CT molecular complexity index is 177. The van der Waals surface area contributed by atoms with E-state index >= 15 is 0 Å². The van der Waals surface area contributed by atoms with E-state index in [1.165, 1.54) is 6.42 Å². The number of nitrogens with one attached hydrogen (secondary N) is 1. The molecule has 9 heavy (non-hydrogen) atoms. The molecule has 0 saturated carbocycles. The van der Waals surface area contributed by atoms with Crippen LogP contribution in [0.2, 0.25) is 0 Å². The third kappa shape index (κ3) is 0.754. The van der Waals surface area contributed by atoms with Crippen LogP contribution >= 0.6 is 0 Å². The van der Waals surface area contributed by atoms with E-state index in [9.17, 15) is 0 Å². The third-order valence-corrected chi connectivity index (χ3v) is 1.71. The summed E-state index contributed by atoms with van der Waals surface area (Å²) in [5, 5.41) is 3.25. The van der Waals surface area contributed by atoms with Gasteiger partial charge in [0.25, 0.3) is 0 Å². The number of rotatable bonds is 1. The summed E-state index contributed by atoms with van der Waals surface area (Å²) >= 11 is 0. The van der Waals surface area contributed by atoms with E-state index in [0.717, 1.165) is 12.3 Å². The number of hydrogen-bond donors (Lipinski definition) is 1. The first-order chi connectivity index (χ1) is 4.47. The largest absolute Gasteiger partial charge is 0.468 e. The summed E-state index contributed by atoms with van der Waals surface area (Å²) in [6.45, 7) is 1.13. The van der Waals surface area contributed by atoms with Crippen molar-refractivity contribution in [2.24, 2.45) is 0 Å². The second kappa shape index (κ2) is 1.88. The first-order valence-electron chi connectivity index (χ1n) is 3.23. The van der Waals surface area contributed by atoms with Crippen molar-refractivity contribution in [1.82, 2.24) is 5.32 Å². The lowest BCUT2D eigenvalue weighted by Gasteiger charge is -2.25. The molecule has 2 heterocycles. The molecule has 0 spiro atoms. The van der Waals surface area contributed by atoms with Crippen LogP contribution in [0.1, 0.15) is 18.2 Å². The van der Waals surface area contributed by atoms with Gasteiger partial charge in [-0.3, -0.25) is 0 Å². The highest BCUT2D eigenvalue weighted by Gasteiger charge is 2.19. The molecule has 0 radical (unpaired) electrons. The van der Waals surface area contributed by atoms with Gasteiger partial charge in [-0.15, -0.1) is 0 Å². The summed E-state index contributed by atoms with van der Waals surface area (Å²) in [7, 11) is 0. The van der Waals surface area contributed by atoms with Gasteiger partial charge in [0.2, 0.25) is 0 Å². The van der Waals surface area contributed by atoms with E-state index in [1.54, 1.807) is 6.26 Å². The van der Waals surface area contributed by atoms with Gasteiger partial charge in [0.15, 0.2) is 0 Å². The quantitative estimate of drug-likeness (QED) is 0.609.